The molecule has 1 aromatic carbocycles. The molecule has 2 heterocycles. The number of carbonyl (C=O) groups excluding carboxylic acids is 1. The van der Waals surface area contributed by atoms with Gasteiger partial charge in [-0.2, -0.15) is 0 Å². The standard InChI is InChI=1S/C18H26N2O4S/c1-14-5-2-3-11-20(14)18(21)15-7-9-17(10-8-15)25(22,23)19-13-16-6-4-12-24-16/h7-10,14,16,19H,2-6,11-13H2,1H3. The summed E-state index contributed by atoms with van der Waals surface area (Å²) in [4.78, 5) is 14.7. The lowest BCUT2D eigenvalue weighted by Crippen LogP contribution is -2.42. The van der Waals surface area contributed by atoms with Gasteiger partial charge in [-0.05, 0) is 63.3 Å². The van der Waals surface area contributed by atoms with E-state index < -0.39 is 10.0 Å². The predicted molar refractivity (Wildman–Crippen MR) is 95.0 cm³/mol. The van der Waals surface area contributed by atoms with Crippen LogP contribution in [0.4, 0.5) is 0 Å². The summed E-state index contributed by atoms with van der Waals surface area (Å²) in [7, 11) is -3.58. The highest BCUT2D eigenvalue weighted by Gasteiger charge is 2.25. The van der Waals surface area contributed by atoms with E-state index in [1.54, 1.807) is 12.1 Å². The Kier molecular flexibility index (Phi) is 5.76. The van der Waals surface area contributed by atoms with Gasteiger partial charge in [0.15, 0.2) is 0 Å². The Morgan fingerprint density at radius 3 is 2.60 bits per heavy atom. The number of benzene rings is 1. The molecule has 3 rings (SSSR count). The second kappa shape index (κ2) is 7.85. The van der Waals surface area contributed by atoms with Crippen molar-refractivity contribution in [1.82, 2.24) is 9.62 Å². The van der Waals surface area contributed by atoms with E-state index in [-0.39, 0.29) is 29.5 Å². The van der Waals surface area contributed by atoms with Gasteiger partial charge in [0.25, 0.3) is 5.91 Å². The highest BCUT2D eigenvalue weighted by atomic mass is 32.2. The summed E-state index contributed by atoms with van der Waals surface area (Å²) in [6, 6.07) is 6.44. The average molecular weight is 366 g/mol. The number of hydrogen-bond donors (Lipinski definition) is 1. The topological polar surface area (TPSA) is 75.7 Å². The predicted octanol–water partition coefficient (Wildman–Crippen LogP) is 2.16. The summed E-state index contributed by atoms with van der Waals surface area (Å²) in [5, 5.41) is 0. The Morgan fingerprint density at radius 2 is 1.96 bits per heavy atom. The van der Waals surface area contributed by atoms with Crippen molar-refractivity contribution >= 4 is 15.9 Å². The van der Waals surface area contributed by atoms with Crippen molar-refractivity contribution in [3.05, 3.63) is 29.8 Å². The molecule has 6 nitrogen and oxygen atoms in total. The first kappa shape index (κ1) is 18.4. The molecule has 0 spiro atoms. The molecule has 0 radical (unpaired) electrons. The van der Waals surface area contributed by atoms with Gasteiger partial charge >= 0.3 is 0 Å². The lowest BCUT2D eigenvalue weighted by molar-refractivity contribution is 0.0635. The third-order valence-corrected chi connectivity index (χ3v) is 6.44. The van der Waals surface area contributed by atoms with Gasteiger partial charge in [0.1, 0.15) is 0 Å². The number of carbonyl (C=O) groups is 1. The molecule has 0 aromatic heterocycles. The normalized spacial score (nSPS) is 24.4. The molecule has 0 bridgehead atoms. The molecule has 2 fully saturated rings. The van der Waals surface area contributed by atoms with Gasteiger partial charge in [0.05, 0.1) is 11.0 Å². The molecular formula is C18H26N2O4S. The lowest BCUT2D eigenvalue weighted by atomic mass is 10.0. The van der Waals surface area contributed by atoms with Crippen molar-refractivity contribution < 1.29 is 17.9 Å². The van der Waals surface area contributed by atoms with Gasteiger partial charge in [-0.1, -0.05) is 0 Å². The molecule has 138 valence electrons. The number of piperidine rings is 1. The smallest absolute Gasteiger partial charge is 0.254 e. The largest absolute Gasteiger partial charge is 0.377 e. The molecule has 2 saturated heterocycles. The summed E-state index contributed by atoms with van der Waals surface area (Å²) in [6.45, 7) is 3.81. The number of nitrogens with zero attached hydrogens (tertiary/aromatic N) is 1. The van der Waals surface area contributed by atoms with Gasteiger partial charge in [-0.15, -0.1) is 0 Å². The Labute approximate surface area is 149 Å². The maximum absolute atomic E-state index is 12.6. The minimum atomic E-state index is -3.58. The monoisotopic (exact) mass is 366 g/mol. The van der Waals surface area contributed by atoms with Gasteiger partial charge in [0, 0.05) is 31.3 Å². The van der Waals surface area contributed by atoms with Crippen molar-refractivity contribution in [2.45, 2.75) is 56.1 Å². The van der Waals surface area contributed by atoms with Crippen LogP contribution in [-0.2, 0) is 14.8 Å². The van der Waals surface area contributed by atoms with Crippen LogP contribution in [-0.4, -0.2) is 51.1 Å². The number of nitrogens with one attached hydrogen (secondary N) is 1. The van der Waals surface area contributed by atoms with Crippen LogP contribution in [0.1, 0.15) is 49.4 Å². The maximum atomic E-state index is 12.6. The average Bonchev–Trinajstić information content (AvgIpc) is 3.14. The third-order valence-electron chi connectivity index (χ3n) is 5.00. The SMILES string of the molecule is CC1CCCCN1C(=O)c1ccc(S(=O)(=O)NCC2CCCO2)cc1. The Hall–Kier alpha value is -1.44. The first-order chi connectivity index (χ1) is 12.0. The van der Waals surface area contributed by atoms with Crippen LogP contribution in [0.5, 0.6) is 0 Å². The van der Waals surface area contributed by atoms with Crippen LogP contribution in [0.3, 0.4) is 0 Å². The molecule has 1 amide bonds. The molecule has 0 aliphatic carbocycles. The fraction of sp³-hybridized carbons (Fsp3) is 0.611. The molecule has 1 aromatic rings. The number of sulfonamides is 1. The van der Waals surface area contributed by atoms with E-state index in [1.807, 2.05) is 4.90 Å². The summed E-state index contributed by atoms with van der Waals surface area (Å²) < 4.78 is 32.7. The minimum Gasteiger partial charge on any atom is -0.377 e. The summed E-state index contributed by atoms with van der Waals surface area (Å²) in [6.07, 6.45) is 5.00. The van der Waals surface area contributed by atoms with E-state index in [0.717, 1.165) is 38.6 Å². The summed E-state index contributed by atoms with van der Waals surface area (Å²) in [5.41, 5.74) is 0.534. The molecule has 2 aliphatic rings. The zero-order valence-corrected chi connectivity index (χ0v) is 15.4. The van der Waals surface area contributed by atoms with Crippen molar-refractivity contribution in [3.63, 3.8) is 0 Å². The number of likely N-dealkylation sites (tertiary alicyclic amines) is 1. The first-order valence-electron chi connectivity index (χ1n) is 9.00. The number of hydrogen-bond acceptors (Lipinski definition) is 4. The molecule has 1 N–H and O–H groups in total. The maximum Gasteiger partial charge on any atom is 0.254 e. The second-order valence-electron chi connectivity index (χ2n) is 6.85. The third kappa shape index (κ3) is 4.40. The Balaban J connectivity index is 1.65. The van der Waals surface area contributed by atoms with Crippen LogP contribution in [0, 0.1) is 0 Å². The zero-order valence-electron chi connectivity index (χ0n) is 14.6. The molecule has 2 aliphatic heterocycles. The molecule has 0 saturated carbocycles. The van der Waals surface area contributed by atoms with Gasteiger partial charge in [0.2, 0.25) is 10.0 Å². The number of amides is 1. The molecule has 25 heavy (non-hydrogen) atoms. The quantitative estimate of drug-likeness (QED) is 0.866. The van der Waals surface area contributed by atoms with E-state index in [0.29, 0.717) is 12.2 Å². The molecule has 2 atom stereocenters. The second-order valence-corrected chi connectivity index (χ2v) is 8.62. The highest BCUT2D eigenvalue weighted by Crippen LogP contribution is 2.20. The van der Waals surface area contributed by atoms with E-state index in [1.165, 1.54) is 12.1 Å². The van der Waals surface area contributed by atoms with E-state index in [9.17, 15) is 13.2 Å². The Bertz CT molecular complexity index is 696. The van der Waals surface area contributed by atoms with Crippen LogP contribution in [0.25, 0.3) is 0 Å². The van der Waals surface area contributed by atoms with Gasteiger partial charge < -0.3 is 9.64 Å². The van der Waals surface area contributed by atoms with E-state index in [4.69, 9.17) is 4.74 Å². The summed E-state index contributed by atoms with van der Waals surface area (Å²) >= 11 is 0. The lowest BCUT2D eigenvalue weighted by Gasteiger charge is -2.33. The van der Waals surface area contributed by atoms with Crippen LogP contribution in [0.15, 0.2) is 29.2 Å². The zero-order chi connectivity index (χ0) is 17.9. The van der Waals surface area contributed by atoms with E-state index in [2.05, 4.69) is 11.6 Å². The van der Waals surface area contributed by atoms with Gasteiger partial charge in [-0.3, -0.25) is 4.79 Å². The summed E-state index contributed by atoms with van der Waals surface area (Å²) in [5.74, 6) is -0.0246. The van der Waals surface area contributed by atoms with Crippen molar-refractivity contribution in [2.75, 3.05) is 19.7 Å². The van der Waals surface area contributed by atoms with Crippen LogP contribution >= 0.6 is 0 Å². The molecular weight excluding hydrogens is 340 g/mol. The highest BCUT2D eigenvalue weighted by molar-refractivity contribution is 7.89. The van der Waals surface area contributed by atoms with Gasteiger partial charge in [-0.25, -0.2) is 13.1 Å². The number of rotatable bonds is 5. The van der Waals surface area contributed by atoms with Crippen molar-refractivity contribution in [2.24, 2.45) is 0 Å². The Morgan fingerprint density at radius 1 is 1.20 bits per heavy atom. The van der Waals surface area contributed by atoms with Crippen molar-refractivity contribution in [3.8, 4) is 0 Å². The van der Waals surface area contributed by atoms with Crippen molar-refractivity contribution in [1.29, 1.82) is 0 Å². The fourth-order valence-electron chi connectivity index (χ4n) is 3.43. The fourth-order valence-corrected chi connectivity index (χ4v) is 4.50. The van der Waals surface area contributed by atoms with E-state index >= 15 is 0 Å². The molecule has 2 unspecified atom stereocenters. The van der Waals surface area contributed by atoms with Crippen LogP contribution in [0.2, 0.25) is 0 Å². The first-order valence-corrected chi connectivity index (χ1v) is 10.5. The molecule has 7 heteroatoms. The number of ether oxygens (including phenoxy) is 1. The minimum absolute atomic E-state index is 0.0246. The van der Waals surface area contributed by atoms with Crippen LogP contribution < -0.4 is 4.72 Å².